The Morgan fingerprint density at radius 2 is 1.83 bits per heavy atom. The summed E-state index contributed by atoms with van der Waals surface area (Å²) >= 11 is 6.00. The van der Waals surface area contributed by atoms with Crippen LogP contribution in [-0.2, 0) is 12.0 Å². The quantitative estimate of drug-likeness (QED) is 0.753. The average molecular weight is 331 g/mol. The van der Waals surface area contributed by atoms with E-state index in [4.69, 9.17) is 17.3 Å². The molecule has 0 aliphatic rings. The van der Waals surface area contributed by atoms with Gasteiger partial charge in [0.1, 0.15) is 22.5 Å². The largest absolute Gasteiger partial charge is 0.505 e. The fourth-order valence-electron chi connectivity index (χ4n) is 2.41. The number of nitrogens with zero attached hydrogens (tertiary/aromatic N) is 3. The topological polar surface area (TPSA) is 77.0 Å². The van der Waals surface area contributed by atoms with Gasteiger partial charge in [-0.2, -0.15) is 0 Å². The molecule has 0 atom stereocenters. The van der Waals surface area contributed by atoms with Crippen LogP contribution in [0.5, 0.6) is 5.75 Å². The van der Waals surface area contributed by atoms with Gasteiger partial charge in [0.05, 0.1) is 0 Å². The minimum atomic E-state index is -0.0811. The van der Waals surface area contributed by atoms with Crippen LogP contribution >= 0.6 is 11.6 Å². The molecule has 0 bridgehead atoms. The number of halogens is 1. The van der Waals surface area contributed by atoms with Crippen molar-refractivity contribution in [2.45, 2.75) is 32.7 Å². The van der Waals surface area contributed by atoms with Gasteiger partial charge in [0.25, 0.3) is 0 Å². The van der Waals surface area contributed by atoms with Gasteiger partial charge in [0, 0.05) is 17.1 Å². The fraction of sp³-hybridized carbons (Fsp3) is 0.294. The SMILES string of the molecule is CC(C)(C)c1cc(CN)c(O)c(-n2nc3ccc(Cl)cc3n2)c1. The molecule has 0 saturated carbocycles. The highest BCUT2D eigenvalue weighted by Crippen LogP contribution is 2.33. The van der Waals surface area contributed by atoms with Gasteiger partial charge < -0.3 is 10.8 Å². The van der Waals surface area contributed by atoms with Crippen LogP contribution in [0, 0.1) is 0 Å². The van der Waals surface area contributed by atoms with Crippen molar-refractivity contribution in [1.29, 1.82) is 0 Å². The van der Waals surface area contributed by atoms with Crippen molar-refractivity contribution in [3.8, 4) is 11.4 Å². The fourth-order valence-corrected chi connectivity index (χ4v) is 2.58. The first-order valence-electron chi connectivity index (χ1n) is 7.39. The molecular formula is C17H19ClN4O. The highest BCUT2D eigenvalue weighted by molar-refractivity contribution is 6.31. The number of phenolic OH excluding ortho intramolecular Hbond substituents is 1. The van der Waals surface area contributed by atoms with Crippen molar-refractivity contribution in [2.75, 3.05) is 0 Å². The van der Waals surface area contributed by atoms with E-state index in [0.717, 1.165) is 5.56 Å². The van der Waals surface area contributed by atoms with Crippen molar-refractivity contribution >= 4 is 22.6 Å². The summed E-state index contributed by atoms with van der Waals surface area (Å²) in [6.07, 6.45) is 0. The minimum absolute atomic E-state index is 0.0811. The van der Waals surface area contributed by atoms with Crippen LogP contribution in [0.1, 0.15) is 31.9 Å². The molecule has 6 heteroatoms. The first-order chi connectivity index (χ1) is 10.8. The van der Waals surface area contributed by atoms with E-state index in [1.807, 2.05) is 12.1 Å². The zero-order valence-corrected chi connectivity index (χ0v) is 14.1. The molecular weight excluding hydrogens is 312 g/mol. The summed E-state index contributed by atoms with van der Waals surface area (Å²) < 4.78 is 0. The summed E-state index contributed by atoms with van der Waals surface area (Å²) in [5, 5.41) is 20.0. The van der Waals surface area contributed by atoms with Crippen LogP contribution in [0.4, 0.5) is 0 Å². The summed E-state index contributed by atoms with van der Waals surface area (Å²) in [6.45, 7) is 6.57. The van der Waals surface area contributed by atoms with Gasteiger partial charge in [-0.25, -0.2) is 0 Å². The van der Waals surface area contributed by atoms with Gasteiger partial charge in [-0.3, -0.25) is 0 Å². The van der Waals surface area contributed by atoms with E-state index < -0.39 is 0 Å². The molecule has 0 radical (unpaired) electrons. The molecule has 120 valence electrons. The molecule has 0 fully saturated rings. The smallest absolute Gasteiger partial charge is 0.147 e. The molecule has 3 rings (SSSR count). The third-order valence-electron chi connectivity index (χ3n) is 3.81. The Bertz CT molecular complexity index is 880. The predicted octanol–water partition coefficient (Wildman–Crippen LogP) is 3.54. The second-order valence-corrected chi connectivity index (χ2v) is 7.02. The third kappa shape index (κ3) is 2.90. The van der Waals surface area contributed by atoms with Crippen LogP contribution in [0.3, 0.4) is 0 Å². The third-order valence-corrected chi connectivity index (χ3v) is 4.05. The number of hydrogen-bond donors (Lipinski definition) is 2. The number of benzene rings is 2. The zero-order valence-electron chi connectivity index (χ0n) is 13.3. The number of nitrogens with two attached hydrogens (primary N) is 1. The van der Waals surface area contributed by atoms with E-state index >= 15 is 0 Å². The summed E-state index contributed by atoms with van der Waals surface area (Å²) in [5.41, 5.74) is 9.33. The van der Waals surface area contributed by atoms with Gasteiger partial charge in [0.15, 0.2) is 0 Å². The average Bonchev–Trinajstić information content (AvgIpc) is 2.88. The maximum absolute atomic E-state index is 10.5. The molecule has 0 aliphatic heterocycles. The minimum Gasteiger partial charge on any atom is -0.505 e. The van der Waals surface area contributed by atoms with Crippen molar-refractivity contribution in [3.05, 3.63) is 46.5 Å². The normalized spacial score (nSPS) is 12.0. The van der Waals surface area contributed by atoms with E-state index in [1.165, 1.54) is 4.80 Å². The van der Waals surface area contributed by atoms with E-state index in [9.17, 15) is 5.11 Å². The molecule has 0 spiro atoms. The molecule has 5 nitrogen and oxygen atoms in total. The summed E-state index contributed by atoms with van der Waals surface area (Å²) in [7, 11) is 0. The second-order valence-electron chi connectivity index (χ2n) is 6.58. The van der Waals surface area contributed by atoms with Crippen LogP contribution in [0.15, 0.2) is 30.3 Å². The molecule has 23 heavy (non-hydrogen) atoms. The lowest BCUT2D eigenvalue weighted by Gasteiger charge is -2.21. The van der Waals surface area contributed by atoms with E-state index in [2.05, 4.69) is 31.0 Å². The van der Waals surface area contributed by atoms with E-state index in [1.54, 1.807) is 18.2 Å². The molecule has 0 amide bonds. The Kier molecular flexibility index (Phi) is 3.78. The number of fused-ring (bicyclic) bond motifs is 1. The van der Waals surface area contributed by atoms with Crippen molar-refractivity contribution < 1.29 is 5.11 Å². The summed E-state index contributed by atoms with van der Waals surface area (Å²) in [4.78, 5) is 1.44. The molecule has 3 N–H and O–H groups in total. The van der Waals surface area contributed by atoms with E-state index in [-0.39, 0.29) is 17.7 Å². The van der Waals surface area contributed by atoms with Gasteiger partial charge in [-0.1, -0.05) is 38.4 Å². The molecule has 0 aliphatic carbocycles. The van der Waals surface area contributed by atoms with Crippen molar-refractivity contribution in [3.63, 3.8) is 0 Å². The summed E-state index contributed by atoms with van der Waals surface area (Å²) in [5.74, 6) is 0.104. The lowest BCUT2D eigenvalue weighted by atomic mass is 9.85. The number of phenols is 1. The van der Waals surface area contributed by atoms with E-state index in [0.29, 0.717) is 27.3 Å². The Hall–Kier alpha value is -2.11. The monoisotopic (exact) mass is 330 g/mol. The Balaban J connectivity index is 2.24. The Labute approximate surface area is 139 Å². The standard InChI is InChI=1S/C17H19ClN4O/c1-17(2,3)11-6-10(9-19)16(23)15(7-11)22-20-13-5-4-12(18)8-14(13)21-22/h4-8,23H,9,19H2,1-3H3. The van der Waals surface area contributed by atoms with Crippen molar-refractivity contribution in [1.82, 2.24) is 15.0 Å². The van der Waals surface area contributed by atoms with Crippen LogP contribution in [0.25, 0.3) is 16.7 Å². The van der Waals surface area contributed by atoms with Gasteiger partial charge >= 0.3 is 0 Å². The second kappa shape index (κ2) is 5.51. The van der Waals surface area contributed by atoms with Crippen molar-refractivity contribution in [2.24, 2.45) is 5.73 Å². The van der Waals surface area contributed by atoms with Crippen LogP contribution in [0.2, 0.25) is 5.02 Å². The van der Waals surface area contributed by atoms with Gasteiger partial charge in [-0.15, -0.1) is 15.0 Å². The maximum atomic E-state index is 10.5. The number of rotatable bonds is 2. The zero-order chi connectivity index (χ0) is 16.8. The first kappa shape index (κ1) is 15.8. The summed E-state index contributed by atoms with van der Waals surface area (Å²) in [6, 6.07) is 9.14. The number of aromatic hydroxyl groups is 1. The molecule has 1 heterocycles. The molecule has 1 aromatic heterocycles. The van der Waals surface area contributed by atoms with Gasteiger partial charge in [0.2, 0.25) is 0 Å². The van der Waals surface area contributed by atoms with Crippen LogP contribution in [-0.4, -0.2) is 20.1 Å². The lowest BCUT2D eigenvalue weighted by Crippen LogP contribution is -2.14. The number of aromatic nitrogens is 3. The highest BCUT2D eigenvalue weighted by Gasteiger charge is 2.20. The van der Waals surface area contributed by atoms with Crippen LogP contribution < -0.4 is 5.73 Å². The molecule has 0 unspecified atom stereocenters. The maximum Gasteiger partial charge on any atom is 0.147 e. The first-order valence-corrected chi connectivity index (χ1v) is 7.77. The molecule has 2 aromatic carbocycles. The Morgan fingerprint density at radius 3 is 2.48 bits per heavy atom. The highest BCUT2D eigenvalue weighted by atomic mass is 35.5. The number of hydrogen-bond acceptors (Lipinski definition) is 4. The predicted molar refractivity (Wildman–Crippen MR) is 92.1 cm³/mol. The molecule has 0 saturated heterocycles. The van der Waals surface area contributed by atoms with Gasteiger partial charge in [-0.05, 0) is 35.2 Å². The lowest BCUT2D eigenvalue weighted by molar-refractivity contribution is 0.459. The molecule has 3 aromatic rings. The Morgan fingerprint density at radius 1 is 1.13 bits per heavy atom.